The molecule has 0 aliphatic heterocycles. The third-order valence-corrected chi connectivity index (χ3v) is 13.6. The van der Waals surface area contributed by atoms with E-state index < -0.39 is 5.97 Å². The molecule has 0 aliphatic rings. The minimum absolute atomic E-state index is 0.135. The summed E-state index contributed by atoms with van der Waals surface area (Å²) >= 11 is 6.23. The van der Waals surface area contributed by atoms with E-state index in [1.807, 2.05) is 121 Å². The topological polar surface area (TPSA) is 257 Å². The van der Waals surface area contributed by atoms with E-state index >= 15 is 0 Å². The van der Waals surface area contributed by atoms with Crippen LogP contribution in [0.3, 0.4) is 0 Å². The number of aromatic nitrogens is 9. The number of aliphatic hydroxyl groups is 1. The fourth-order valence-corrected chi connectivity index (χ4v) is 9.37. The first kappa shape index (κ1) is 56.8. The lowest BCUT2D eigenvalue weighted by atomic mass is 9.99. The minimum atomic E-state index is -0.553. The van der Waals surface area contributed by atoms with Gasteiger partial charge in [0.05, 0.1) is 73.1 Å². The lowest BCUT2D eigenvalue weighted by Crippen LogP contribution is -2.10. The van der Waals surface area contributed by atoms with Crippen molar-refractivity contribution >= 4 is 50.7 Å². The summed E-state index contributed by atoms with van der Waals surface area (Å²) < 4.78 is 51.7. The number of carbonyl (C=O) groups is 1. The minimum Gasteiger partial charge on any atom is -0.497 e. The number of methoxy groups -OCH3 is 6. The molecule has 424 valence electrons. The average Bonchev–Trinajstić information content (AvgIpc) is 2.85. The Bertz CT molecular complexity index is 4020. The molecule has 21 nitrogen and oxygen atoms in total. The van der Waals surface area contributed by atoms with E-state index in [0.717, 1.165) is 56.4 Å². The number of nitrogens with zero attached hydrogens (tertiary/aromatic N) is 9. The van der Waals surface area contributed by atoms with Crippen LogP contribution in [0.5, 0.6) is 34.5 Å². The Labute approximate surface area is 484 Å². The monoisotopic (exact) mass is 1150 g/mol. The van der Waals surface area contributed by atoms with Crippen molar-refractivity contribution < 1.29 is 56.9 Å². The van der Waals surface area contributed by atoms with Gasteiger partial charge in [-0.3, -0.25) is 0 Å². The molecule has 0 radical (unpaired) electrons. The molecule has 12 aromatic rings. The molecule has 6 heterocycles. The molecule has 0 unspecified atom stereocenters. The van der Waals surface area contributed by atoms with Gasteiger partial charge in [-0.15, -0.1) is 11.6 Å². The van der Waals surface area contributed by atoms with Gasteiger partial charge in [0.25, 0.3) is 0 Å². The number of benzene rings is 6. The van der Waals surface area contributed by atoms with Crippen LogP contribution in [0, 0.1) is 0 Å². The summed E-state index contributed by atoms with van der Waals surface area (Å²) in [6.07, 6.45) is 0. The second kappa shape index (κ2) is 25.9. The first-order valence-corrected chi connectivity index (χ1v) is 26.4. The molecule has 0 bridgehead atoms. The van der Waals surface area contributed by atoms with Gasteiger partial charge in [0.15, 0.2) is 22.2 Å². The number of carbonyl (C=O) groups excluding carboxylic acids is 1. The third-order valence-electron chi connectivity index (χ3n) is 13.4. The number of ether oxygens (including phenoxy) is 7. The maximum Gasteiger partial charge on any atom is 0.357 e. The summed E-state index contributed by atoms with van der Waals surface area (Å²) in [5.74, 6) is 4.08. The maximum atomic E-state index is 12.8. The standard InChI is InChI=1S/C22H19N3O5.C20H16ClN3O3.C20H17N3O4/c1-4-29-22(26)20-17(13-5-9-15(27-2)10-6-13)19-21(25-30-24-19)18(23-20)14-7-11-16(28-3)12-8-14;1-25-14-7-3-12(4-8-14)17-16(11-21)22-18(20-19(17)23-27-24-20)13-5-9-15(26-2)10-6-13;1-25-14-7-3-12(4-8-14)17-16(11-24)21-18(20-19(17)22-27-23-20)13-5-9-15(26-2)10-6-13/h5-12H,4H2,1-3H3;3-10H,11H2,1-2H3;3-10,24H,11H2,1-2H3. The van der Waals surface area contributed by atoms with E-state index in [1.165, 1.54) is 0 Å². The van der Waals surface area contributed by atoms with Crippen LogP contribution in [0.1, 0.15) is 28.8 Å². The molecule has 1 N–H and O–H groups in total. The average molecular weight is 1150 g/mol. The Morgan fingerprint density at radius 1 is 0.393 bits per heavy atom. The van der Waals surface area contributed by atoms with E-state index in [4.69, 9.17) is 63.6 Å². The summed E-state index contributed by atoms with van der Waals surface area (Å²) in [5, 5.41) is 34.4. The number of hydrogen-bond acceptors (Lipinski definition) is 21. The summed E-state index contributed by atoms with van der Waals surface area (Å²) in [5.41, 5.74) is 13.1. The highest BCUT2D eigenvalue weighted by Crippen LogP contribution is 2.40. The Kier molecular flexibility index (Phi) is 17.5. The fraction of sp³-hybridized carbons (Fsp3) is 0.161. The quantitative estimate of drug-likeness (QED) is 0.0696. The van der Waals surface area contributed by atoms with Crippen LogP contribution in [0.4, 0.5) is 0 Å². The molecule has 6 aromatic carbocycles. The van der Waals surface area contributed by atoms with Gasteiger partial charge in [0, 0.05) is 33.4 Å². The van der Waals surface area contributed by atoms with Crippen LogP contribution in [-0.2, 0) is 17.2 Å². The smallest absolute Gasteiger partial charge is 0.357 e. The van der Waals surface area contributed by atoms with Crippen LogP contribution in [0.25, 0.3) is 100 Å². The van der Waals surface area contributed by atoms with Crippen molar-refractivity contribution in [2.24, 2.45) is 0 Å². The van der Waals surface area contributed by atoms with E-state index in [9.17, 15) is 9.90 Å². The molecule has 0 aliphatic carbocycles. The molecule has 12 rings (SSSR count). The van der Waals surface area contributed by atoms with Gasteiger partial charge in [-0.05, 0) is 164 Å². The zero-order valence-corrected chi connectivity index (χ0v) is 47.1. The summed E-state index contributed by atoms with van der Waals surface area (Å²) in [7, 11) is 9.66. The van der Waals surface area contributed by atoms with Gasteiger partial charge in [-0.2, -0.15) is 0 Å². The Balaban J connectivity index is 0.000000141. The molecule has 0 saturated carbocycles. The molecule has 22 heteroatoms. The normalized spacial score (nSPS) is 10.9. The van der Waals surface area contributed by atoms with Crippen molar-refractivity contribution in [3.8, 4) is 102 Å². The number of alkyl halides is 1. The third kappa shape index (κ3) is 11.7. The van der Waals surface area contributed by atoms with Crippen LogP contribution >= 0.6 is 11.6 Å². The van der Waals surface area contributed by atoms with Crippen molar-refractivity contribution in [1.82, 2.24) is 45.9 Å². The first-order chi connectivity index (χ1) is 41.1. The largest absolute Gasteiger partial charge is 0.497 e. The van der Waals surface area contributed by atoms with Gasteiger partial charge in [-0.25, -0.2) is 33.6 Å². The predicted octanol–water partition coefficient (Wildman–Crippen LogP) is 12.3. The van der Waals surface area contributed by atoms with Gasteiger partial charge < -0.3 is 38.3 Å². The van der Waals surface area contributed by atoms with Gasteiger partial charge >= 0.3 is 5.97 Å². The number of esters is 1. The molecule has 0 spiro atoms. The van der Waals surface area contributed by atoms with Crippen molar-refractivity contribution in [2.45, 2.75) is 19.4 Å². The number of halogens is 1. The van der Waals surface area contributed by atoms with Crippen molar-refractivity contribution in [1.29, 1.82) is 0 Å². The highest BCUT2D eigenvalue weighted by Gasteiger charge is 2.27. The van der Waals surface area contributed by atoms with Crippen LogP contribution < -0.4 is 28.4 Å². The fourth-order valence-electron chi connectivity index (χ4n) is 9.18. The molecular formula is C62H52ClN9O12. The molecule has 0 fully saturated rings. The molecule has 84 heavy (non-hydrogen) atoms. The second-order valence-corrected chi connectivity index (χ2v) is 18.3. The number of hydrogen-bond donors (Lipinski definition) is 1. The highest BCUT2D eigenvalue weighted by molar-refractivity contribution is 6.18. The maximum absolute atomic E-state index is 12.8. The van der Waals surface area contributed by atoms with E-state index in [-0.39, 0.29) is 24.8 Å². The molecule has 0 atom stereocenters. The van der Waals surface area contributed by atoms with Crippen LogP contribution in [0.15, 0.2) is 159 Å². The summed E-state index contributed by atoms with van der Waals surface area (Å²) in [6, 6.07) is 44.6. The zero-order valence-electron chi connectivity index (χ0n) is 46.3. The lowest BCUT2D eigenvalue weighted by Gasteiger charge is -2.12. The van der Waals surface area contributed by atoms with Crippen molar-refractivity contribution in [2.75, 3.05) is 49.3 Å². The Morgan fingerprint density at radius 2 is 0.667 bits per heavy atom. The van der Waals surface area contributed by atoms with Crippen molar-refractivity contribution in [3.63, 3.8) is 0 Å². The Hall–Kier alpha value is -10.5. The number of pyridine rings is 3. The van der Waals surface area contributed by atoms with E-state index in [0.29, 0.717) is 89.8 Å². The van der Waals surface area contributed by atoms with Gasteiger partial charge in [0.2, 0.25) is 0 Å². The van der Waals surface area contributed by atoms with Crippen LogP contribution in [0.2, 0.25) is 0 Å². The van der Waals surface area contributed by atoms with Gasteiger partial charge in [-0.1, -0.05) is 36.4 Å². The Morgan fingerprint density at radius 3 is 0.976 bits per heavy atom. The number of rotatable bonds is 16. The molecular weight excluding hydrogens is 1100 g/mol. The molecule has 0 saturated heterocycles. The number of aliphatic hydroxyl groups excluding tert-OH is 1. The first-order valence-electron chi connectivity index (χ1n) is 25.8. The van der Waals surface area contributed by atoms with Crippen LogP contribution in [-0.4, -0.2) is 106 Å². The highest BCUT2D eigenvalue weighted by atomic mass is 35.5. The van der Waals surface area contributed by atoms with E-state index in [1.54, 1.807) is 73.8 Å². The van der Waals surface area contributed by atoms with E-state index in [2.05, 4.69) is 40.9 Å². The summed E-state index contributed by atoms with van der Waals surface area (Å²) in [6.45, 7) is 1.72. The lowest BCUT2D eigenvalue weighted by molar-refractivity contribution is 0.0520. The van der Waals surface area contributed by atoms with Crippen molar-refractivity contribution in [3.05, 3.63) is 163 Å². The summed E-state index contributed by atoms with van der Waals surface area (Å²) in [4.78, 5) is 26.9. The zero-order chi connectivity index (χ0) is 58.7. The molecule has 6 aromatic heterocycles. The molecule has 0 amide bonds. The SMILES string of the molecule is CCOC(=O)c1nc(-c2ccc(OC)cc2)c2nonc2c1-c1ccc(OC)cc1.COc1ccc(-c2nc(CCl)c(-c3ccc(OC)cc3)c3nonc23)cc1.COc1ccc(-c2nc(CO)c(-c3ccc(OC)cc3)c3nonc23)cc1. The second-order valence-electron chi connectivity index (χ2n) is 18.0. The van der Waals surface area contributed by atoms with Gasteiger partial charge in [0.1, 0.15) is 68.1 Å². The predicted molar refractivity (Wildman–Crippen MR) is 312 cm³/mol. The number of fused-ring (bicyclic) bond motifs is 3.